The van der Waals surface area contributed by atoms with Crippen LogP contribution in [-0.2, 0) is 31.9 Å². The molecule has 12 heteroatoms. The minimum absolute atomic E-state index is 0.0251. The molecule has 1 fully saturated rings. The van der Waals surface area contributed by atoms with Gasteiger partial charge in [0.05, 0.1) is 0 Å². The Hall–Kier alpha value is -3.50. The number of likely N-dealkylation sites (tertiary alicyclic amines) is 1. The highest BCUT2D eigenvalue weighted by Gasteiger charge is 2.31. The van der Waals surface area contributed by atoms with Crippen LogP contribution in [0.5, 0.6) is 5.75 Å². The first kappa shape index (κ1) is 29.5. The molecule has 2 atom stereocenters. The van der Waals surface area contributed by atoms with Gasteiger partial charge in [-0.2, -0.15) is 0 Å². The first-order valence-corrected chi connectivity index (χ1v) is 15.3. The lowest BCUT2D eigenvalue weighted by atomic mass is 10.0. The Bertz CT molecular complexity index is 1360. The van der Waals surface area contributed by atoms with Crippen molar-refractivity contribution in [2.24, 2.45) is 0 Å². The Morgan fingerprint density at radius 1 is 1.07 bits per heavy atom. The molecule has 1 aliphatic heterocycles. The lowest BCUT2D eigenvalue weighted by molar-refractivity contribution is -0.137. The molecule has 0 radical (unpaired) electrons. The molecule has 0 spiro atoms. The number of nitrogens with one attached hydrogen (secondary N) is 2. The van der Waals surface area contributed by atoms with E-state index < -0.39 is 31.7 Å². The van der Waals surface area contributed by atoms with Crippen molar-refractivity contribution in [3.63, 3.8) is 0 Å². The maximum Gasteiger partial charge on any atom is 0.524 e. The minimum atomic E-state index is -4.69. The molecule has 212 valence electrons. The summed E-state index contributed by atoms with van der Waals surface area (Å²) in [6.45, 7) is 2.34. The molecule has 3 aromatic rings. The molecule has 0 saturated carbocycles. The van der Waals surface area contributed by atoms with Gasteiger partial charge >= 0.3 is 7.82 Å². The van der Waals surface area contributed by atoms with E-state index >= 15 is 0 Å². The number of benzene rings is 2. The summed E-state index contributed by atoms with van der Waals surface area (Å²) in [5.41, 5.74) is 2.76. The molecule has 1 saturated heterocycles. The number of rotatable bonds is 10. The van der Waals surface area contributed by atoms with Crippen molar-refractivity contribution in [1.82, 2.24) is 15.5 Å². The van der Waals surface area contributed by atoms with Gasteiger partial charge < -0.3 is 20.1 Å². The Morgan fingerprint density at radius 2 is 1.77 bits per heavy atom. The summed E-state index contributed by atoms with van der Waals surface area (Å²) < 4.78 is 15.6. The van der Waals surface area contributed by atoms with Crippen LogP contribution >= 0.6 is 19.2 Å². The van der Waals surface area contributed by atoms with E-state index in [1.807, 2.05) is 35.7 Å². The zero-order chi connectivity index (χ0) is 28.7. The second-order valence-electron chi connectivity index (χ2n) is 9.67. The van der Waals surface area contributed by atoms with Gasteiger partial charge in [-0.15, -0.1) is 11.3 Å². The third-order valence-electron chi connectivity index (χ3n) is 6.51. The number of carbonyl (C=O) groups excluding carboxylic acids is 3. The lowest BCUT2D eigenvalue weighted by Gasteiger charge is -2.27. The topological polar surface area (TPSA) is 145 Å². The largest absolute Gasteiger partial charge is 0.524 e. The number of nitrogens with zero attached hydrogens (tertiary/aromatic N) is 1. The number of phosphoric acid groups is 1. The van der Waals surface area contributed by atoms with Gasteiger partial charge in [-0.1, -0.05) is 42.5 Å². The van der Waals surface area contributed by atoms with Crippen molar-refractivity contribution in [3.8, 4) is 16.2 Å². The highest BCUT2D eigenvalue weighted by atomic mass is 32.1. The normalized spacial score (nSPS) is 16.6. The van der Waals surface area contributed by atoms with Gasteiger partial charge in [0, 0.05) is 31.3 Å². The van der Waals surface area contributed by atoms with Gasteiger partial charge in [-0.25, -0.2) is 4.57 Å². The highest BCUT2D eigenvalue weighted by molar-refractivity contribution is 7.46. The fraction of sp³-hybridized carbons (Fsp3) is 0.321. The summed E-state index contributed by atoms with van der Waals surface area (Å²) in [5.74, 6) is -1.07. The van der Waals surface area contributed by atoms with Crippen LogP contribution in [0.4, 0.5) is 0 Å². The van der Waals surface area contributed by atoms with Crippen LogP contribution in [-0.4, -0.2) is 51.0 Å². The average Bonchev–Trinajstić information content (AvgIpc) is 3.39. The van der Waals surface area contributed by atoms with Crippen molar-refractivity contribution in [2.75, 3.05) is 6.54 Å². The average molecular weight is 586 g/mol. The van der Waals surface area contributed by atoms with Crippen LogP contribution in [0.15, 0.2) is 66.0 Å². The van der Waals surface area contributed by atoms with E-state index in [0.717, 1.165) is 24.0 Å². The van der Waals surface area contributed by atoms with Gasteiger partial charge in [-0.05, 0) is 59.5 Å². The predicted molar refractivity (Wildman–Crippen MR) is 151 cm³/mol. The molecule has 1 aromatic heterocycles. The number of carbonyl (C=O) groups is 3. The number of hydrogen-bond acceptors (Lipinski definition) is 6. The second-order valence-corrected chi connectivity index (χ2v) is 11.8. The van der Waals surface area contributed by atoms with Crippen molar-refractivity contribution < 1.29 is 33.3 Å². The maximum atomic E-state index is 13.4. The SMILES string of the molecule is CC(=O)N[C@@H](Cc1ccc(OP(=O)(O)O)cc1)C(=O)N[C@H]1CCCCN(Cc2ccc(-c3cccs3)cc2)C1=O. The zero-order valence-corrected chi connectivity index (χ0v) is 23.7. The number of thiophene rings is 1. The molecule has 0 unspecified atom stereocenters. The first-order chi connectivity index (χ1) is 19.1. The highest BCUT2D eigenvalue weighted by Crippen LogP contribution is 2.37. The summed E-state index contributed by atoms with van der Waals surface area (Å²) in [4.78, 5) is 59.4. The van der Waals surface area contributed by atoms with Gasteiger partial charge in [0.1, 0.15) is 17.8 Å². The molecule has 1 aliphatic rings. The first-order valence-electron chi connectivity index (χ1n) is 12.9. The van der Waals surface area contributed by atoms with Crippen LogP contribution < -0.4 is 15.2 Å². The molecule has 0 aliphatic carbocycles. The molecule has 0 bridgehead atoms. The molecule has 40 heavy (non-hydrogen) atoms. The molecule has 10 nitrogen and oxygen atoms in total. The standard InChI is InChI=1S/C28H32N3O7PS/c1-19(32)29-25(17-20-9-13-23(14-10-20)38-39(35,36)37)27(33)30-24-5-2-3-15-31(28(24)34)18-21-7-11-22(12-8-21)26-6-4-16-40-26/h4,6-14,16,24-25H,2-3,5,15,17-18H2,1H3,(H,29,32)(H,30,33)(H2,35,36,37)/t24-,25-/m0/s1. The monoisotopic (exact) mass is 585 g/mol. The van der Waals surface area contributed by atoms with Crippen LogP contribution in [0, 0.1) is 0 Å². The fourth-order valence-corrected chi connectivity index (χ4v) is 5.75. The third-order valence-corrected chi connectivity index (χ3v) is 7.88. The molecule has 3 amide bonds. The summed E-state index contributed by atoms with van der Waals surface area (Å²) in [7, 11) is -4.69. The van der Waals surface area contributed by atoms with Gasteiger partial charge in [0.2, 0.25) is 17.7 Å². The number of phosphoric ester groups is 1. The van der Waals surface area contributed by atoms with E-state index in [2.05, 4.69) is 21.2 Å². The van der Waals surface area contributed by atoms with E-state index in [0.29, 0.717) is 25.1 Å². The summed E-state index contributed by atoms with van der Waals surface area (Å²) in [6.07, 6.45) is 2.21. The van der Waals surface area contributed by atoms with Crippen LogP contribution in [0.2, 0.25) is 0 Å². The second kappa shape index (κ2) is 13.2. The van der Waals surface area contributed by atoms with Gasteiger partial charge in [0.15, 0.2) is 0 Å². The van der Waals surface area contributed by atoms with Crippen LogP contribution in [0.1, 0.15) is 37.3 Å². The predicted octanol–water partition coefficient (Wildman–Crippen LogP) is 3.63. The molecule has 2 aromatic carbocycles. The van der Waals surface area contributed by atoms with Gasteiger partial charge in [-0.3, -0.25) is 24.2 Å². The molecular weight excluding hydrogens is 553 g/mol. The molecule has 2 heterocycles. The van der Waals surface area contributed by atoms with Crippen molar-refractivity contribution in [2.45, 2.75) is 51.2 Å². The van der Waals surface area contributed by atoms with Crippen LogP contribution in [0.25, 0.3) is 10.4 Å². The van der Waals surface area contributed by atoms with E-state index in [1.54, 1.807) is 28.4 Å². The summed E-state index contributed by atoms with van der Waals surface area (Å²) in [6, 6.07) is 16.4. The quantitative estimate of drug-likeness (QED) is 0.266. The smallest absolute Gasteiger partial charge is 0.404 e. The Morgan fingerprint density at radius 3 is 2.40 bits per heavy atom. The van der Waals surface area contributed by atoms with E-state index in [-0.39, 0.29) is 18.1 Å². The van der Waals surface area contributed by atoms with Crippen molar-refractivity contribution >= 4 is 36.9 Å². The lowest BCUT2D eigenvalue weighted by Crippen LogP contribution is -2.54. The molecular formula is C28H32N3O7PS. The Kier molecular flexibility index (Phi) is 9.76. The van der Waals surface area contributed by atoms with Crippen molar-refractivity contribution in [1.29, 1.82) is 0 Å². The molecule has 4 N–H and O–H groups in total. The maximum absolute atomic E-state index is 13.4. The van der Waals surface area contributed by atoms with E-state index in [9.17, 15) is 18.9 Å². The van der Waals surface area contributed by atoms with Crippen LogP contribution in [0.3, 0.4) is 0 Å². The number of amides is 3. The third kappa shape index (κ3) is 8.50. The summed E-state index contributed by atoms with van der Waals surface area (Å²) >= 11 is 1.67. The Balaban J connectivity index is 1.40. The van der Waals surface area contributed by atoms with E-state index in [1.165, 1.54) is 23.9 Å². The summed E-state index contributed by atoms with van der Waals surface area (Å²) in [5, 5.41) is 7.52. The number of hydrogen-bond donors (Lipinski definition) is 4. The zero-order valence-electron chi connectivity index (χ0n) is 22.0. The fourth-order valence-electron chi connectivity index (χ4n) is 4.62. The Labute approximate surface area is 236 Å². The van der Waals surface area contributed by atoms with Crippen molar-refractivity contribution in [3.05, 3.63) is 77.2 Å². The van der Waals surface area contributed by atoms with E-state index in [4.69, 9.17) is 9.79 Å². The minimum Gasteiger partial charge on any atom is -0.404 e. The van der Waals surface area contributed by atoms with Gasteiger partial charge in [0.25, 0.3) is 0 Å². The molecule has 4 rings (SSSR count).